The highest BCUT2D eigenvalue weighted by Gasteiger charge is 2.11. The number of ether oxygens (including phenoxy) is 2. The molecule has 0 unspecified atom stereocenters. The van der Waals surface area contributed by atoms with E-state index in [1.54, 1.807) is 7.11 Å². The zero-order valence-electron chi connectivity index (χ0n) is 11.6. The van der Waals surface area contributed by atoms with E-state index in [2.05, 4.69) is 10.1 Å². The lowest BCUT2D eigenvalue weighted by molar-refractivity contribution is -0.138. The second-order valence-electron chi connectivity index (χ2n) is 5.30. The Morgan fingerprint density at radius 1 is 1.29 bits per heavy atom. The van der Waals surface area contributed by atoms with Crippen LogP contribution in [0.1, 0.15) is 40.0 Å². The van der Waals surface area contributed by atoms with E-state index in [-0.39, 0.29) is 5.60 Å². The number of hydrogen-bond donors (Lipinski definition) is 1. The molecule has 0 aliphatic carbocycles. The maximum absolute atomic E-state index is 9.60. The van der Waals surface area contributed by atoms with Crippen LogP contribution < -0.4 is 5.32 Å². The van der Waals surface area contributed by atoms with Crippen LogP contribution in [0.5, 0.6) is 0 Å². The molecule has 1 N–H and O–H groups in total. The highest BCUT2D eigenvalue weighted by molar-refractivity contribution is 5.37. The van der Waals surface area contributed by atoms with Gasteiger partial charge in [-0.25, -0.2) is 0 Å². The summed E-state index contributed by atoms with van der Waals surface area (Å²) in [5.41, 5.74) is -0.318. The normalized spacial score (nSPS) is 16.9. The molecule has 0 amide bonds. The van der Waals surface area contributed by atoms with Crippen molar-refractivity contribution in [1.29, 1.82) is 0 Å². The molecule has 17 heavy (non-hydrogen) atoms. The molecule has 0 aromatic heterocycles. The first-order valence-corrected chi connectivity index (χ1v) is 6.30. The first kappa shape index (κ1) is 16.4. The first-order chi connectivity index (χ1) is 7.99. The van der Waals surface area contributed by atoms with Gasteiger partial charge in [0.1, 0.15) is 5.60 Å². The fourth-order valence-corrected chi connectivity index (χ4v) is 1.60. The Balaban J connectivity index is 0.000000325. The van der Waals surface area contributed by atoms with Gasteiger partial charge in [0.2, 0.25) is 0 Å². The summed E-state index contributed by atoms with van der Waals surface area (Å²) in [4.78, 5) is 9.60. The smallest absolute Gasteiger partial charge is 0.293 e. The number of carbonyl (C=O) groups is 1. The zero-order chi connectivity index (χ0) is 13.1. The van der Waals surface area contributed by atoms with Crippen molar-refractivity contribution in [2.24, 2.45) is 5.92 Å². The van der Waals surface area contributed by atoms with Crippen molar-refractivity contribution in [3.63, 3.8) is 0 Å². The van der Waals surface area contributed by atoms with E-state index in [1.165, 1.54) is 32.4 Å². The number of nitrogens with one attached hydrogen (secondary N) is 1. The molecule has 0 radical (unpaired) electrons. The van der Waals surface area contributed by atoms with Crippen LogP contribution in [0.3, 0.4) is 0 Å². The summed E-state index contributed by atoms with van der Waals surface area (Å²) >= 11 is 0. The minimum atomic E-state index is -0.318. The highest BCUT2D eigenvalue weighted by atomic mass is 16.5. The highest BCUT2D eigenvalue weighted by Crippen LogP contribution is 2.14. The van der Waals surface area contributed by atoms with E-state index < -0.39 is 0 Å². The topological polar surface area (TPSA) is 47.6 Å². The zero-order valence-corrected chi connectivity index (χ0v) is 11.6. The lowest BCUT2D eigenvalue weighted by Gasteiger charge is -2.21. The van der Waals surface area contributed by atoms with Crippen molar-refractivity contribution >= 4 is 6.47 Å². The average molecular weight is 245 g/mol. The lowest BCUT2D eigenvalue weighted by Crippen LogP contribution is -2.28. The van der Waals surface area contributed by atoms with Gasteiger partial charge in [0.25, 0.3) is 6.47 Å². The fourth-order valence-electron chi connectivity index (χ4n) is 1.60. The van der Waals surface area contributed by atoms with E-state index in [4.69, 9.17) is 4.74 Å². The van der Waals surface area contributed by atoms with Crippen molar-refractivity contribution in [1.82, 2.24) is 5.32 Å². The minimum Gasteiger partial charge on any atom is -0.462 e. The van der Waals surface area contributed by atoms with Gasteiger partial charge in [-0.3, -0.25) is 4.79 Å². The summed E-state index contributed by atoms with van der Waals surface area (Å²) < 4.78 is 9.57. The lowest BCUT2D eigenvalue weighted by atomic mass is 9.95. The van der Waals surface area contributed by atoms with Crippen molar-refractivity contribution in [3.05, 3.63) is 0 Å². The Bertz CT molecular complexity index is 184. The molecule has 0 aromatic rings. The maximum atomic E-state index is 9.60. The molecule has 1 heterocycles. The van der Waals surface area contributed by atoms with Gasteiger partial charge in [0.05, 0.1) is 0 Å². The van der Waals surface area contributed by atoms with Gasteiger partial charge in [-0.15, -0.1) is 0 Å². The standard InChI is InChI=1S/C8H17NO.C5H10O2/c1-10-7-4-8-2-5-9-6-3-8;1-5(2,3)7-4-6/h8-9H,2-7H2,1H3;4H,1-3H3. The Kier molecular flexibility index (Phi) is 9.09. The minimum absolute atomic E-state index is 0.318. The van der Waals surface area contributed by atoms with Gasteiger partial charge in [0, 0.05) is 13.7 Å². The van der Waals surface area contributed by atoms with Crippen LogP contribution in [0.15, 0.2) is 0 Å². The molecule has 0 bridgehead atoms. The molecule has 102 valence electrons. The van der Waals surface area contributed by atoms with Gasteiger partial charge >= 0.3 is 0 Å². The van der Waals surface area contributed by atoms with Gasteiger partial charge < -0.3 is 14.8 Å². The van der Waals surface area contributed by atoms with Crippen LogP contribution in [0.2, 0.25) is 0 Å². The second kappa shape index (κ2) is 9.42. The molecular weight excluding hydrogens is 218 g/mol. The Labute approximate surface area is 105 Å². The summed E-state index contributed by atoms with van der Waals surface area (Å²) in [7, 11) is 1.78. The molecule has 1 rings (SSSR count). The Hall–Kier alpha value is -0.610. The fraction of sp³-hybridized carbons (Fsp3) is 0.923. The van der Waals surface area contributed by atoms with Gasteiger partial charge in [-0.2, -0.15) is 0 Å². The van der Waals surface area contributed by atoms with E-state index >= 15 is 0 Å². The number of hydrogen-bond acceptors (Lipinski definition) is 4. The quantitative estimate of drug-likeness (QED) is 0.769. The third-order valence-electron chi connectivity index (χ3n) is 2.59. The maximum Gasteiger partial charge on any atom is 0.293 e. The summed E-state index contributed by atoms with van der Waals surface area (Å²) in [5.74, 6) is 0.918. The molecule has 0 spiro atoms. The number of rotatable bonds is 4. The van der Waals surface area contributed by atoms with E-state index in [1.807, 2.05) is 20.8 Å². The van der Waals surface area contributed by atoms with Gasteiger partial charge in [-0.1, -0.05) is 0 Å². The molecule has 0 aromatic carbocycles. The molecule has 0 saturated carbocycles. The molecule has 4 heteroatoms. The Morgan fingerprint density at radius 3 is 2.24 bits per heavy atom. The van der Waals surface area contributed by atoms with Crippen molar-refractivity contribution in [2.75, 3.05) is 26.8 Å². The largest absolute Gasteiger partial charge is 0.462 e. The van der Waals surface area contributed by atoms with Crippen LogP contribution in [-0.2, 0) is 14.3 Å². The van der Waals surface area contributed by atoms with Crippen molar-refractivity contribution in [3.8, 4) is 0 Å². The molecule has 0 atom stereocenters. The predicted molar refractivity (Wildman–Crippen MR) is 69.0 cm³/mol. The summed E-state index contributed by atoms with van der Waals surface area (Å²) in [6.45, 7) is 9.26. The van der Waals surface area contributed by atoms with Crippen LogP contribution >= 0.6 is 0 Å². The third-order valence-corrected chi connectivity index (χ3v) is 2.59. The van der Waals surface area contributed by atoms with Crippen LogP contribution in [0.25, 0.3) is 0 Å². The molecule has 1 fully saturated rings. The van der Waals surface area contributed by atoms with Gasteiger partial charge in [0.15, 0.2) is 0 Å². The SMILES string of the molecule is CC(C)(C)OC=O.COCCC1CCNCC1. The molecule has 1 aliphatic heterocycles. The van der Waals surface area contributed by atoms with Crippen LogP contribution in [0, 0.1) is 5.92 Å². The number of piperidine rings is 1. The monoisotopic (exact) mass is 245 g/mol. The molecular formula is C13H27NO3. The third kappa shape index (κ3) is 11.6. The van der Waals surface area contributed by atoms with Crippen LogP contribution in [-0.4, -0.2) is 38.9 Å². The van der Waals surface area contributed by atoms with Gasteiger partial charge in [-0.05, 0) is 59.0 Å². The Morgan fingerprint density at radius 2 is 1.88 bits per heavy atom. The molecule has 1 aliphatic rings. The molecule has 1 saturated heterocycles. The summed E-state index contributed by atoms with van der Waals surface area (Å²) in [5, 5.41) is 3.35. The number of methoxy groups -OCH3 is 1. The van der Waals surface area contributed by atoms with Crippen LogP contribution in [0.4, 0.5) is 0 Å². The average Bonchev–Trinajstić information content (AvgIpc) is 2.27. The van der Waals surface area contributed by atoms with Crippen molar-refractivity contribution in [2.45, 2.75) is 45.6 Å². The van der Waals surface area contributed by atoms with E-state index in [0.717, 1.165) is 12.5 Å². The van der Waals surface area contributed by atoms with E-state index in [0.29, 0.717) is 6.47 Å². The van der Waals surface area contributed by atoms with E-state index in [9.17, 15) is 4.79 Å². The predicted octanol–water partition coefficient (Wildman–Crippen LogP) is 1.98. The van der Waals surface area contributed by atoms with Crippen molar-refractivity contribution < 1.29 is 14.3 Å². The first-order valence-electron chi connectivity index (χ1n) is 6.30. The second-order valence-corrected chi connectivity index (χ2v) is 5.30. The summed E-state index contributed by atoms with van der Waals surface area (Å²) in [6.07, 6.45) is 3.92. The summed E-state index contributed by atoms with van der Waals surface area (Å²) in [6, 6.07) is 0. The number of carbonyl (C=O) groups excluding carboxylic acids is 1. The molecule has 4 nitrogen and oxygen atoms in total.